The molecule has 0 aliphatic heterocycles. The van der Waals surface area contributed by atoms with Crippen molar-refractivity contribution in [2.45, 2.75) is 19.4 Å². The normalized spacial score (nSPS) is 11.9. The van der Waals surface area contributed by atoms with Gasteiger partial charge in [0.05, 0.1) is 7.11 Å². The van der Waals surface area contributed by atoms with Gasteiger partial charge in [-0.05, 0) is 17.5 Å². The number of ether oxygens (including phenoxy) is 1. The number of nitrogens with one attached hydrogen (secondary N) is 1. The van der Waals surface area contributed by atoms with Gasteiger partial charge in [-0.25, -0.2) is 4.79 Å². The summed E-state index contributed by atoms with van der Waals surface area (Å²) in [5, 5.41) is 3.08. The zero-order chi connectivity index (χ0) is 12.7. The number of methoxy groups -OCH3 is 1. The summed E-state index contributed by atoms with van der Waals surface area (Å²) in [7, 11) is 1.39. The maximum Gasteiger partial charge on any atom is 0.327 e. The lowest BCUT2D eigenvalue weighted by molar-refractivity contribution is -0.143. The van der Waals surface area contributed by atoms with E-state index >= 15 is 0 Å². The Morgan fingerprint density at radius 1 is 1.47 bits per heavy atom. The Labute approximate surface area is 102 Å². The summed E-state index contributed by atoms with van der Waals surface area (Å²) in [6.07, 6.45) is 2.71. The highest BCUT2D eigenvalue weighted by Gasteiger charge is 2.19. The summed E-state index contributed by atoms with van der Waals surface area (Å²) >= 11 is 0. The molecule has 17 heavy (non-hydrogen) atoms. The van der Waals surface area contributed by atoms with Crippen molar-refractivity contribution in [2.75, 3.05) is 13.7 Å². The van der Waals surface area contributed by atoms with Crippen LogP contribution in [0.1, 0.15) is 24.1 Å². The van der Waals surface area contributed by atoms with Crippen LogP contribution >= 0.6 is 0 Å². The molecule has 0 radical (unpaired) electrons. The minimum Gasteiger partial charge on any atom is -0.468 e. The molecular formula is C14H19NO2. The fraction of sp³-hybridized carbons (Fsp3) is 0.357. The largest absolute Gasteiger partial charge is 0.468 e. The topological polar surface area (TPSA) is 38.3 Å². The molecule has 1 rings (SSSR count). The average Bonchev–Trinajstić information content (AvgIpc) is 2.39. The number of rotatable bonds is 6. The van der Waals surface area contributed by atoms with E-state index in [9.17, 15) is 4.79 Å². The highest BCUT2D eigenvalue weighted by molar-refractivity contribution is 5.77. The molecular weight excluding hydrogens is 214 g/mol. The van der Waals surface area contributed by atoms with Crippen molar-refractivity contribution in [2.24, 2.45) is 0 Å². The number of hydrogen-bond donors (Lipinski definition) is 1. The van der Waals surface area contributed by atoms with E-state index in [-0.39, 0.29) is 5.97 Å². The quantitative estimate of drug-likeness (QED) is 0.605. The number of carbonyl (C=O) groups is 1. The maximum atomic E-state index is 11.7. The number of carbonyl (C=O) groups excluding carboxylic acids is 1. The second-order valence-electron chi connectivity index (χ2n) is 3.75. The van der Waals surface area contributed by atoms with Gasteiger partial charge in [0.1, 0.15) is 6.04 Å². The standard InChI is InChI=1S/C14H19NO2/c1-4-10-15-13(14(16)17-3)12-8-6-11(5-2)7-9-12/h4,6-9,13,15H,1,5,10H2,2-3H3. The van der Waals surface area contributed by atoms with E-state index in [1.807, 2.05) is 24.3 Å². The van der Waals surface area contributed by atoms with Gasteiger partial charge in [-0.2, -0.15) is 0 Å². The van der Waals surface area contributed by atoms with E-state index in [2.05, 4.69) is 18.8 Å². The molecule has 0 aliphatic carbocycles. The summed E-state index contributed by atoms with van der Waals surface area (Å²) in [6, 6.07) is 7.54. The Balaban J connectivity index is 2.86. The van der Waals surface area contributed by atoms with Crippen molar-refractivity contribution in [3.63, 3.8) is 0 Å². The van der Waals surface area contributed by atoms with E-state index in [0.717, 1.165) is 12.0 Å². The van der Waals surface area contributed by atoms with Crippen LogP contribution in [-0.4, -0.2) is 19.6 Å². The van der Waals surface area contributed by atoms with E-state index in [0.29, 0.717) is 6.54 Å². The van der Waals surface area contributed by atoms with Crippen LogP contribution in [0.5, 0.6) is 0 Å². The lowest BCUT2D eigenvalue weighted by Crippen LogP contribution is -2.29. The molecule has 1 aromatic rings. The van der Waals surface area contributed by atoms with Gasteiger partial charge in [0.2, 0.25) is 0 Å². The Morgan fingerprint density at radius 3 is 2.59 bits per heavy atom. The Morgan fingerprint density at radius 2 is 2.12 bits per heavy atom. The molecule has 0 amide bonds. The summed E-state index contributed by atoms with van der Waals surface area (Å²) in [4.78, 5) is 11.7. The average molecular weight is 233 g/mol. The predicted molar refractivity (Wildman–Crippen MR) is 68.8 cm³/mol. The molecule has 0 aliphatic rings. The molecule has 3 nitrogen and oxygen atoms in total. The van der Waals surface area contributed by atoms with Gasteiger partial charge >= 0.3 is 5.97 Å². The first-order chi connectivity index (χ1) is 8.22. The van der Waals surface area contributed by atoms with Gasteiger partial charge in [-0.3, -0.25) is 5.32 Å². The fourth-order valence-corrected chi connectivity index (χ4v) is 1.60. The minimum atomic E-state index is -0.427. The summed E-state index contributed by atoms with van der Waals surface area (Å²) in [5.74, 6) is -0.281. The van der Waals surface area contributed by atoms with E-state index in [1.165, 1.54) is 12.7 Å². The summed E-state index contributed by atoms with van der Waals surface area (Å²) < 4.78 is 4.78. The zero-order valence-corrected chi connectivity index (χ0v) is 10.4. The lowest BCUT2D eigenvalue weighted by Gasteiger charge is -2.16. The molecule has 1 N–H and O–H groups in total. The van der Waals surface area contributed by atoms with Gasteiger partial charge in [0, 0.05) is 6.54 Å². The third-order valence-corrected chi connectivity index (χ3v) is 2.62. The van der Waals surface area contributed by atoms with Gasteiger partial charge < -0.3 is 4.74 Å². The molecule has 1 unspecified atom stereocenters. The fourth-order valence-electron chi connectivity index (χ4n) is 1.60. The highest BCUT2D eigenvalue weighted by atomic mass is 16.5. The van der Waals surface area contributed by atoms with Crippen molar-refractivity contribution < 1.29 is 9.53 Å². The van der Waals surface area contributed by atoms with E-state index < -0.39 is 6.04 Å². The maximum absolute atomic E-state index is 11.7. The zero-order valence-electron chi connectivity index (χ0n) is 10.4. The molecule has 0 heterocycles. The Kier molecular flexibility index (Phi) is 5.43. The van der Waals surface area contributed by atoms with Crippen LogP contribution in [0.3, 0.4) is 0 Å². The number of hydrogen-bond acceptors (Lipinski definition) is 3. The second-order valence-corrected chi connectivity index (χ2v) is 3.75. The van der Waals surface area contributed by atoms with Crippen LogP contribution in [0.25, 0.3) is 0 Å². The minimum absolute atomic E-state index is 0.281. The molecule has 3 heteroatoms. The van der Waals surface area contributed by atoms with Crippen molar-refractivity contribution in [3.8, 4) is 0 Å². The van der Waals surface area contributed by atoms with Crippen LogP contribution in [-0.2, 0) is 16.0 Å². The van der Waals surface area contributed by atoms with Crippen molar-refractivity contribution in [3.05, 3.63) is 48.0 Å². The molecule has 0 bridgehead atoms. The first kappa shape index (κ1) is 13.5. The Bertz CT molecular complexity index is 370. The lowest BCUT2D eigenvalue weighted by atomic mass is 10.0. The van der Waals surface area contributed by atoms with Gasteiger partial charge in [-0.15, -0.1) is 6.58 Å². The van der Waals surface area contributed by atoms with Gasteiger partial charge in [0.25, 0.3) is 0 Å². The Hall–Kier alpha value is -1.61. The second kappa shape index (κ2) is 6.86. The third-order valence-electron chi connectivity index (χ3n) is 2.62. The highest BCUT2D eigenvalue weighted by Crippen LogP contribution is 2.15. The van der Waals surface area contributed by atoms with Crippen LogP contribution < -0.4 is 5.32 Å². The molecule has 1 aromatic carbocycles. The SMILES string of the molecule is C=CCNC(C(=O)OC)c1ccc(CC)cc1. The molecule has 0 aromatic heterocycles. The first-order valence-electron chi connectivity index (χ1n) is 5.73. The number of esters is 1. The summed E-state index contributed by atoms with van der Waals surface area (Å²) in [5.41, 5.74) is 2.16. The van der Waals surface area contributed by atoms with E-state index in [4.69, 9.17) is 4.74 Å². The molecule has 0 spiro atoms. The monoisotopic (exact) mass is 233 g/mol. The summed E-state index contributed by atoms with van der Waals surface area (Å²) in [6.45, 7) is 6.29. The molecule has 0 fully saturated rings. The van der Waals surface area contributed by atoms with Gasteiger partial charge in [0.15, 0.2) is 0 Å². The van der Waals surface area contributed by atoms with Crippen molar-refractivity contribution in [1.29, 1.82) is 0 Å². The first-order valence-corrected chi connectivity index (χ1v) is 5.73. The third kappa shape index (κ3) is 3.71. The van der Waals surface area contributed by atoms with E-state index in [1.54, 1.807) is 6.08 Å². The van der Waals surface area contributed by atoms with Crippen molar-refractivity contribution >= 4 is 5.97 Å². The number of aryl methyl sites for hydroxylation is 1. The predicted octanol–water partition coefficient (Wildman–Crippen LogP) is 2.24. The number of benzene rings is 1. The van der Waals surface area contributed by atoms with Crippen molar-refractivity contribution in [1.82, 2.24) is 5.32 Å². The van der Waals surface area contributed by atoms with Gasteiger partial charge in [-0.1, -0.05) is 37.3 Å². The molecule has 92 valence electrons. The van der Waals surface area contributed by atoms with Crippen LogP contribution in [0, 0.1) is 0 Å². The molecule has 0 saturated carbocycles. The molecule has 1 atom stereocenters. The van der Waals surface area contributed by atoms with Crippen LogP contribution in [0.2, 0.25) is 0 Å². The van der Waals surface area contributed by atoms with Crippen LogP contribution in [0.15, 0.2) is 36.9 Å². The molecule has 0 saturated heterocycles. The van der Waals surface area contributed by atoms with Crippen LogP contribution in [0.4, 0.5) is 0 Å². The smallest absolute Gasteiger partial charge is 0.327 e.